The molecular weight excluding hydrogens is 406 g/mol. The first-order valence-electron chi connectivity index (χ1n) is 11.6. The lowest BCUT2D eigenvalue weighted by Gasteiger charge is -2.37. The molecule has 2 N–H and O–H groups in total. The quantitative estimate of drug-likeness (QED) is 0.517. The molecule has 1 aromatic carbocycles. The average molecular weight is 448 g/mol. The lowest BCUT2D eigenvalue weighted by molar-refractivity contribution is -0.144. The summed E-state index contributed by atoms with van der Waals surface area (Å²) in [5, 5.41) is 5.60. The Morgan fingerprint density at radius 1 is 1.12 bits per heavy atom. The van der Waals surface area contributed by atoms with Crippen LogP contribution in [0.5, 0.6) is 0 Å². The number of nitrogens with zero attached hydrogens (tertiary/aromatic N) is 1. The number of aryl methyl sites for hydroxylation is 1. The van der Waals surface area contributed by atoms with Gasteiger partial charge in [0.15, 0.2) is 0 Å². The third-order valence-corrected chi connectivity index (χ3v) is 5.14. The van der Waals surface area contributed by atoms with E-state index in [1.165, 1.54) is 0 Å². The predicted octanol–water partition coefficient (Wildman–Crippen LogP) is 4.49. The Balaban J connectivity index is 3.28. The Morgan fingerprint density at radius 2 is 1.78 bits per heavy atom. The van der Waals surface area contributed by atoms with Gasteiger partial charge in [0.25, 0.3) is 0 Å². The average Bonchev–Trinajstić information content (AvgIpc) is 2.69. The Hall–Kier alpha value is -2.57. The van der Waals surface area contributed by atoms with Crippen LogP contribution in [0.1, 0.15) is 84.9 Å². The standard InChI is InChI=1S/C25H41N3O4/c1-9-11-15-26-22(29)21(20-14-12-13-17(3)16-20)28(18(4)10-2)23(30)19(5)27-24(31)32-25(6,7)8/h12-14,16,18-19,21H,9-11,15H2,1-8H3,(H,26,29)(H,27,31). The zero-order valence-electron chi connectivity index (χ0n) is 21.0. The van der Waals surface area contributed by atoms with Crippen molar-refractivity contribution in [2.24, 2.45) is 0 Å². The maximum atomic E-state index is 13.6. The van der Waals surface area contributed by atoms with Crippen molar-refractivity contribution in [3.63, 3.8) is 0 Å². The molecule has 7 heteroatoms. The van der Waals surface area contributed by atoms with E-state index in [1.54, 1.807) is 32.6 Å². The first-order chi connectivity index (χ1) is 14.9. The number of carbonyl (C=O) groups excluding carboxylic acids is 3. The largest absolute Gasteiger partial charge is 0.444 e. The van der Waals surface area contributed by atoms with Crippen molar-refractivity contribution in [2.45, 2.75) is 98.4 Å². The van der Waals surface area contributed by atoms with Gasteiger partial charge >= 0.3 is 6.09 Å². The van der Waals surface area contributed by atoms with Crippen LogP contribution in [0.3, 0.4) is 0 Å². The summed E-state index contributed by atoms with van der Waals surface area (Å²) >= 11 is 0. The van der Waals surface area contributed by atoms with Crippen LogP contribution in [0.25, 0.3) is 0 Å². The van der Waals surface area contributed by atoms with Crippen LogP contribution in [0, 0.1) is 6.92 Å². The monoisotopic (exact) mass is 447 g/mol. The molecule has 3 atom stereocenters. The summed E-state index contributed by atoms with van der Waals surface area (Å²) in [5.41, 5.74) is 1.08. The second-order valence-corrected chi connectivity index (χ2v) is 9.33. The summed E-state index contributed by atoms with van der Waals surface area (Å²) in [6.07, 6.45) is 1.82. The molecule has 1 aromatic rings. The molecule has 0 saturated carbocycles. The molecule has 7 nitrogen and oxygen atoms in total. The van der Waals surface area contributed by atoms with Gasteiger partial charge in [-0.3, -0.25) is 9.59 Å². The number of carbonyl (C=O) groups is 3. The molecule has 3 unspecified atom stereocenters. The van der Waals surface area contributed by atoms with E-state index in [9.17, 15) is 14.4 Å². The summed E-state index contributed by atoms with van der Waals surface area (Å²) < 4.78 is 5.30. The van der Waals surface area contributed by atoms with E-state index in [-0.39, 0.29) is 17.9 Å². The third kappa shape index (κ3) is 8.52. The minimum atomic E-state index is -0.852. The van der Waals surface area contributed by atoms with Crippen molar-refractivity contribution in [3.05, 3.63) is 35.4 Å². The maximum absolute atomic E-state index is 13.6. The summed E-state index contributed by atoms with van der Waals surface area (Å²) in [6.45, 7) is 15.4. The van der Waals surface area contributed by atoms with Crippen molar-refractivity contribution >= 4 is 17.9 Å². The van der Waals surface area contributed by atoms with Gasteiger partial charge in [-0.1, -0.05) is 50.1 Å². The number of unbranched alkanes of at least 4 members (excludes halogenated alkanes) is 1. The van der Waals surface area contributed by atoms with Crippen molar-refractivity contribution < 1.29 is 19.1 Å². The summed E-state index contributed by atoms with van der Waals surface area (Å²) in [7, 11) is 0. The number of hydrogen-bond donors (Lipinski definition) is 2. The lowest BCUT2D eigenvalue weighted by atomic mass is 9.98. The van der Waals surface area contributed by atoms with Crippen molar-refractivity contribution in [1.82, 2.24) is 15.5 Å². The van der Waals surface area contributed by atoms with Gasteiger partial charge in [-0.2, -0.15) is 0 Å². The Morgan fingerprint density at radius 3 is 2.31 bits per heavy atom. The number of benzene rings is 1. The van der Waals surface area contributed by atoms with Gasteiger partial charge in [-0.25, -0.2) is 4.79 Å². The molecule has 0 radical (unpaired) electrons. The zero-order valence-corrected chi connectivity index (χ0v) is 21.0. The molecule has 32 heavy (non-hydrogen) atoms. The van der Waals surface area contributed by atoms with E-state index in [0.717, 1.165) is 24.0 Å². The number of hydrogen-bond acceptors (Lipinski definition) is 4. The number of nitrogens with one attached hydrogen (secondary N) is 2. The second kappa shape index (κ2) is 12.5. The van der Waals surface area contributed by atoms with Crippen LogP contribution in [-0.4, -0.2) is 47.0 Å². The normalized spacial score (nSPS) is 14.1. The summed E-state index contributed by atoms with van der Waals surface area (Å²) in [5.74, 6) is -0.551. The van der Waals surface area contributed by atoms with Gasteiger partial charge in [0.2, 0.25) is 11.8 Å². The van der Waals surface area contributed by atoms with E-state index < -0.39 is 23.8 Å². The van der Waals surface area contributed by atoms with E-state index in [1.807, 2.05) is 45.0 Å². The third-order valence-electron chi connectivity index (χ3n) is 5.14. The van der Waals surface area contributed by atoms with E-state index in [2.05, 4.69) is 17.6 Å². The molecule has 1 rings (SSSR count). The number of amides is 3. The van der Waals surface area contributed by atoms with Crippen LogP contribution in [-0.2, 0) is 14.3 Å². The smallest absolute Gasteiger partial charge is 0.408 e. The zero-order chi connectivity index (χ0) is 24.5. The van der Waals surface area contributed by atoms with Gasteiger partial charge in [0.1, 0.15) is 17.7 Å². The highest BCUT2D eigenvalue weighted by molar-refractivity contribution is 5.92. The Bertz CT molecular complexity index is 773. The molecule has 0 fully saturated rings. The highest BCUT2D eigenvalue weighted by Crippen LogP contribution is 2.27. The molecule has 0 aliphatic rings. The first-order valence-corrected chi connectivity index (χ1v) is 11.6. The topological polar surface area (TPSA) is 87.7 Å². The molecule has 0 spiro atoms. The fourth-order valence-electron chi connectivity index (χ4n) is 3.33. The van der Waals surface area contributed by atoms with Crippen LogP contribution >= 0.6 is 0 Å². The van der Waals surface area contributed by atoms with Gasteiger partial charge in [0, 0.05) is 12.6 Å². The van der Waals surface area contributed by atoms with E-state index >= 15 is 0 Å². The number of rotatable bonds is 10. The molecule has 3 amide bonds. The summed E-state index contributed by atoms with van der Waals surface area (Å²) in [4.78, 5) is 40.7. The van der Waals surface area contributed by atoms with E-state index in [4.69, 9.17) is 4.74 Å². The molecule has 0 aromatic heterocycles. The van der Waals surface area contributed by atoms with Crippen molar-refractivity contribution in [1.29, 1.82) is 0 Å². The highest BCUT2D eigenvalue weighted by atomic mass is 16.6. The molecule has 0 saturated heterocycles. The number of alkyl carbamates (subject to hydrolysis) is 1. The fraction of sp³-hybridized carbons (Fsp3) is 0.640. The lowest BCUT2D eigenvalue weighted by Crippen LogP contribution is -2.54. The Kier molecular flexibility index (Phi) is 10.7. The minimum Gasteiger partial charge on any atom is -0.444 e. The number of ether oxygens (including phenoxy) is 1. The van der Waals surface area contributed by atoms with Crippen LogP contribution in [0.15, 0.2) is 24.3 Å². The minimum absolute atomic E-state index is 0.215. The molecule has 0 aliphatic heterocycles. The Labute approximate surface area is 193 Å². The predicted molar refractivity (Wildman–Crippen MR) is 127 cm³/mol. The summed E-state index contributed by atoms with van der Waals surface area (Å²) in [6, 6.07) is 5.78. The molecule has 180 valence electrons. The van der Waals surface area contributed by atoms with Gasteiger partial charge in [-0.05, 0) is 59.9 Å². The molecule has 0 bridgehead atoms. The van der Waals surface area contributed by atoms with Crippen LogP contribution < -0.4 is 10.6 Å². The van der Waals surface area contributed by atoms with Crippen molar-refractivity contribution in [2.75, 3.05) is 6.54 Å². The molecular formula is C25H41N3O4. The maximum Gasteiger partial charge on any atom is 0.408 e. The van der Waals surface area contributed by atoms with Gasteiger partial charge < -0.3 is 20.3 Å². The van der Waals surface area contributed by atoms with Gasteiger partial charge in [-0.15, -0.1) is 0 Å². The van der Waals surface area contributed by atoms with Gasteiger partial charge in [0.05, 0.1) is 0 Å². The highest BCUT2D eigenvalue weighted by Gasteiger charge is 2.37. The first kappa shape index (κ1) is 27.5. The second-order valence-electron chi connectivity index (χ2n) is 9.33. The van der Waals surface area contributed by atoms with Crippen LogP contribution in [0.4, 0.5) is 4.79 Å². The van der Waals surface area contributed by atoms with E-state index in [0.29, 0.717) is 13.0 Å². The van der Waals surface area contributed by atoms with Crippen LogP contribution in [0.2, 0.25) is 0 Å². The molecule has 0 heterocycles. The fourth-order valence-corrected chi connectivity index (χ4v) is 3.33. The van der Waals surface area contributed by atoms with Crippen molar-refractivity contribution in [3.8, 4) is 0 Å². The molecule has 0 aliphatic carbocycles. The SMILES string of the molecule is CCCCNC(=O)C(c1cccc(C)c1)N(C(=O)C(C)NC(=O)OC(C)(C)C)C(C)CC.